The average Bonchev–Trinajstić information content (AvgIpc) is 2.58. The van der Waals surface area contributed by atoms with Crippen LogP contribution in [0.1, 0.15) is 24.8 Å². The molecule has 0 aromatic heterocycles. The minimum atomic E-state index is -2.21. The van der Waals surface area contributed by atoms with Gasteiger partial charge in [0, 0.05) is 19.3 Å². The van der Waals surface area contributed by atoms with Crippen LogP contribution in [-0.2, 0) is 16.0 Å². The number of phenolic OH excluding ortho intramolecular Hbond substituents is 1. The summed E-state index contributed by atoms with van der Waals surface area (Å²) in [4.78, 5) is 23.3. The molecule has 6 N–H and O–H groups in total. The van der Waals surface area contributed by atoms with E-state index in [2.05, 4.69) is 5.32 Å². The molecule has 0 radical (unpaired) electrons. The van der Waals surface area contributed by atoms with Crippen molar-refractivity contribution in [1.82, 2.24) is 5.32 Å². The number of aliphatic carboxylic acids is 1. The molecule has 1 fully saturated rings. The Labute approximate surface area is 149 Å². The first-order valence-electron chi connectivity index (χ1n) is 8.13. The Bertz CT molecular complexity index is 679. The zero-order valence-electron chi connectivity index (χ0n) is 14.3. The molecule has 0 spiro atoms. The number of aryl methyl sites for hydroxylation is 1. The molecule has 1 saturated carbocycles. The Balaban J connectivity index is 1.97. The summed E-state index contributed by atoms with van der Waals surface area (Å²) in [5, 5.41) is 50.9. The number of aliphatic hydroxyl groups excluding tert-OH is 2. The maximum absolute atomic E-state index is 12.1. The number of aromatic hydroxyl groups is 1. The van der Waals surface area contributed by atoms with Crippen molar-refractivity contribution >= 4 is 11.9 Å². The lowest BCUT2D eigenvalue weighted by Gasteiger charge is -2.40. The minimum absolute atomic E-state index is 0.0204. The minimum Gasteiger partial charge on any atom is -0.504 e. The van der Waals surface area contributed by atoms with Crippen LogP contribution in [0, 0.1) is 0 Å². The molecule has 0 unspecified atom stereocenters. The van der Waals surface area contributed by atoms with Crippen molar-refractivity contribution in [3.8, 4) is 11.5 Å². The number of carboxylic acid groups (broad SMARTS) is 1. The Kier molecular flexibility index (Phi) is 6.06. The molecule has 1 aromatic rings. The Morgan fingerprint density at radius 3 is 2.62 bits per heavy atom. The van der Waals surface area contributed by atoms with Gasteiger partial charge in [0.25, 0.3) is 0 Å². The summed E-state index contributed by atoms with van der Waals surface area (Å²) in [6, 6.07) is 3.58. The van der Waals surface area contributed by atoms with Gasteiger partial charge in [-0.15, -0.1) is 0 Å². The lowest BCUT2D eigenvalue weighted by molar-refractivity contribution is -0.175. The molecule has 0 saturated heterocycles. The van der Waals surface area contributed by atoms with Gasteiger partial charge in [-0.25, -0.2) is 4.79 Å². The molecule has 2 rings (SSSR count). The number of hydrogen-bond donors (Lipinski definition) is 6. The van der Waals surface area contributed by atoms with E-state index in [0.29, 0.717) is 6.42 Å². The molecule has 1 aromatic carbocycles. The zero-order chi connectivity index (χ0) is 19.5. The highest BCUT2D eigenvalue weighted by molar-refractivity contribution is 5.79. The second kappa shape index (κ2) is 7.90. The Hall–Kier alpha value is -2.36. The number of carboxylic acids is 1. The first kappa shape index (κ1) is 20.0. The monoisotopic (exact) mass is 369 g/mol. The van der Waals surface area contributed by atoms with Crippen molar-refractivity contribution in [3.05, 3.63) is 23.8 Å². The van der Waals surface area contributed by atoms with Crippen LogP contribution in [0.25, 0.3) is 0 Å². The molecule has 0 bridgehead atoms. The fraction of sp³-hybridized carbons (Fsp3) is 0.529. The SMILES string of the molecule is COc1cc(CCC(=O)N[C@@H]2C[C@](O)(C(=O)O)C[C@@H](O)[C@H]2O)ccc1O. The number of aliphatic hydroxyl groups is 3. The topological polar surface area (TPSA) is 157 Å². The summed E-state index contributed by atoms with van der Waals surface area (Å²) >= 11 is 0. The van der Waals surface area contributed by atoms with Gasteiger partial charge in [-0.2, -0.15) is 0 Å². The second-order valence-electron chi connectivity index (χ2n) is 6.48. The molecule has 9 nitrogen and oxygen atoms in total. The molecular formula is C17H23NO8. The molecular weight excluding hydrogens is 346 g/mol. The first-order chi connectivity index (χ1) is 12.2. The van der Waals surface area contributed by atoms with Crippen LogP contribution in [0.5, 0.6) is 11.5 Å². The smallest absolute Gasteiger partial charge is 0.335 e. The third-order valence-corrected chi connectivity index (χ3v) is 4.54. The van der Waals surface area contributed by atoms with Crippen molar-refractivity contribution in [1.29, 1.82) is 0 Å². The number of carbonyl (C=O) groups is 2. The van der Waals surface area contributed by atoms with Crippen LogP contribution in [0.15, 0.2) is 18.2 Å². The summed E-state index contributed by atoms with van der Waals surface area (Å²) < 4.78 is 4.99. The molecule has 1 aliphatic carbocycles. The maximum atomic E-state index is 12.1. The summed E-state index contributed by atoms with van der Waals surface area (Å²) in [6.07, 6.45) is -3.40. The van der Waals surface area contributed by atoms with Crippen LogP contribution in [0.4, 0.5) is 0 Å². The normalized spacial score (nSPS) is 28.4. The summed E-state index contributed by atoms with van der Waals surface area (Å²) in [5.74, 6) is -1.73. The van der Waals surface area contributed by atoms with E-state index in [1.54, 1.807) is 12.1 Å². The third-order valence-electron chi connectivity index (χ3n) is 4.54. The van der Waals surface area contributed by atoms with Gasteiger partial charge in [0.2, 0.25) is 5.91 Å². The van der Waals surface area contributed by atoms with Gasteiger partial charge < -0.3 is 35.6 Å². The molecule has 0 aliphatic heterocycles. The van der Waals surface area contributed by atoms with E-state index in [9.17, 15) is 30.0 Å². The van der Waals surface area contributed by atoms with Crippen molar-refractivity contribution < 1.29 is 39.9 Å². The summed E-state index contributed by atoms with van der Waals surface area (Å²) in [7, 11) is 1.41. The second-order valence-corrected chi connectivity index (χ2v) is 6.48. The molecule has 1 aliphatic rings. The highest BCUT2D eigenvalue weighted by Gasteiger charge is 2.49. The van der Waals surface area contributed by atoms with E-state index in [4.69, 9.17) is 9.84 Å². The number of rotatable bonds is 6. The van der Waals surface area contributed by atoms with E-state index in [-0.39, 0.29) is 17.9 Å². The molecule has 9 heteroatoms. The molecule has 144 valence electrons. The van der Waals surface area contributed by atoms with Crippen LogP contribution in [-0.4, -0.2) is 68.4 Å². The quantitative estimate of drug-likeness (QED) is 0.379. The lowest BCUT2D eigenvalue weighted by atomic mass is 9.78. The number of methoxy groups -OCH3 is 1. The van der Waals surface area contributed by atoms with Gasteiger partial charge in [0.1, 0.15) is 6.10 Å². The number of carbonyl (C=O) groups excluding carboxylic acids is 1. The summed E-state index contributed by atoms with van der Waals surface area (Å²) in [5.41, 5.74) is -1.47. The fourth-order valence-electron chi connectivity index (χ4n) is 3.03. The standard InChI is InChI=1S/C17H23NO8/c1-26-13-6-9(2-4-11(13)19)3-5-14(21)18-10-7-17(25,16(23)24)8-12(20)15(10)22/h2,4,6,10,12,15,19-20,22,25H,3,5,7-8H2,1H3,(H,18,21)(H,23,24)/t10-,12-,15+,17-/m1/s1. The van der Waals surface area contributed by atoms with Crippen molar-refractivity contribution in [2.75, 3.05) is 7.11 Å². The number of hydrogen-bond acceptors (Lipinski definition) is 7. The number of benzene rings is 1. The van der Waals surface area contributed by atoms with Gasteiger partial charge in [-0.05, 0) is 24.1 Å². The van der Waals surface area contributed by atoms with E-state index in [1.165, 1.54) is 13.2 Å². The van der Waals surface area contributed by atoms with E-state index < -0.39 is 48.6 Å². The number of phenols is 1. The largest absolute Gasteiger partial charge is 0.504 e. The van der Waals surface area contributed by atoms with Crippen molar-refractivity contribution in [2.45, 2.75) is 49.5 Å². The number of nitrogens with one attached hydrogen (secondary N) is 1. The van der Waals surface area contributed by atoms with Gasteiger partial charge in [-0.3, -0.25) is 4.79 Å². The molecule has 0 heterocycles. The predicted molar refractivity (Wildman–Crippen MR) is 88.7 cm³/mol. The van der Waals surface area contributed by atoms with Crippen LogP contribution < -0.4 is 10.1 Å². The first-order valence-corrected chi connectivity index (χ1v) is 8.13. The third kappa shape index (κ3) is 4.43. The van der Waals surface area contributed by atoms with Gasteiger partial charge >= 0.3 is 5.97 Å². The van der Waals surface area contributed by atoms with Gasteiger partial charge in [0.15, 0.2) is 17.1 Å². The van der Waals surface area contributed by atoms with Gasteiger partial charge in [0.05, 0.1) is 19.3 Å². The number of amides is 1. The van der Waals surface area contributed by atoms with Crippen LogP contribution in [0.2, 0.25) is 0 Å². The summed E-state index contributed by atoms with van der Waals surface area (Å²) in [6.45, 7) is 0. The van der Waals surface area contributed by atoms with E-state index >= 15 is 0 Å². The van der Waals surface area contributed by atoms with Crippen LogP contribution in [0.3, 0.4) is 0 Å². The molecule has 1 amide bonds. The predicted octanol–water partition coefficient (Wildman–Crippen LogP) is -0.850. The molecule has 26 heavy (non-hydrogen) atoms. The van der Waals surface area contributed by atoms with E-state index in [0.717, 1.165) is 5.56 Å². The average molecular weight is 369 g/mol. The highest BCUT2D eigenvalue weighted by atomic mass is 16.5. The molecule has 4 atom stereocenters. The fourth-order valence-corrected chi connectivity index (χ4v) is 3.03. The number of ether oxygens (including phenoxy) is 1. The van der Waals surface area contributed by atoms with Crippen LogP contribution >= 0.6 is 0 Å². The maximum Gasteiger partial charge on any atom is 0.335 e. The van der Waals surface area contributed by atoms with Gasteiger partial charge in [-0.1, -0.05) is 6.07 Å². The Morgan fingerprint density at radius 1 is 1.31 bits per heavy atom. The van der Waals surface area contributed by atoms with E-state index in [1.807, 2.05) is 0 Å². The van der Waals surface area contributed by atoms with Crippen molar-refractivity contribution in [3.63, 3.8) is 0 Å². The lowest BCUT2D eigenvalue weighted by Crippen LogP contribution is -2.61. The van der Waals surface area contributed by atoms with Crippen molar-refractivity contribution in [2.24, 2.45) is 0 Å². The Morgan fingerprint density at radius 2 is 2.00 bits per heavy atom. The highest BCUT2D eigenvalue weighted by Crippen LogP contribution is 2.30. The zero-order valence-corrected chi connectivity index (χ0v) is 14.3.